The number of nitrogens with zero attached hydrogens (tertiary/aromatic N) is 2. The zero-order valence-electron chi connectivity index (χ0n) is 18.6. The monoisotopic (exact) mass is 538 g/mol. The minimum Gasteiger partial charge on any atom is -0.504 e. The molecule has 0 radical (unpaired) electrons. The van der Waals surface area contributed by atoms with Crippen LogP contribution in [0.3, 0.4) is 0 Å². The molecule has 170 valence electrons. The second-order valence-corrected chi connectivity index (χ2v) is 7.68. The fraction of sp³-hybridized carbons (Fsp3) is 0.458. The van der Waals surface area contributed by atoms with Gasteiger partial charge in [0.15, 0.2) is 17.5 Å². The van der Waals surface area contributed by atoms with Crippen molar-refractivity contribution in [2.24, 2.45) is 4.99 Å². The highest BCUT2D eigenvalue weighted by molar-refractivity contribution is 14.0. The molecule has 1 saturated heterocycles. The Morgan fingerprint density at radius 1 is 1.03 bits per heavy atom. The number of likely N-dealkylation sites (tertiary alicyclic amines) is 1. The summed E-state index contributed by atoms with van der Waals surface area (Å²) >= 11 is 0. The molecule has 0 atom stereocenters. The normalized spacial score (nSPS) is 14.2. The van der Waals surface area contributed by atoms with Crippen LogP contribution in [0.1, 0.15) is 36.5 Å². The Kier molecular flexibility index (Phi) is 10.9. The maximum atomic E-state index is 9.71. The van der Waals surface area contributed by atoms with E-state index in [1.807, 2.05) is 12.1 Å². The largest absolute Gasteiger partial charge is 0.504 e. The molecule has 0 saturated carbocycles. The van der Waals surface area contributed by atoms with Crippen LogP contribution in [-0.4, -0.2) is 49.3 Å². The van der Waals surface area contributed by atoms with E-state index in [2.05, 4.69) is 46.7 Å². The SMILES string of the molecule is CCNC(=NCc1ccc(CN2CCCC2)cc1)NCCc1ccc(O)c(OC)c1.I. The van der Waals surface area contributed by atoms with E-state index in [0.717, 1.165) is 37.6 Å². The zero-order valence-corrected chi connectivity index (χ0v) is 20.9. The molecule has 0 spiro atoms. The average Bonchev–Trinajstić information content (AvgIpc) is 3.27. The van der Waals surface area contributed by atoms with Gasteiger partial charge in [0, 0.05) is 19.6 Å². The Hall–Kier alpha value is -2.00. The highest BCUT2D eigenvalue weighted by Gasteiger charge is 2.11. The quantitative estimate of drug-likeness (QED) is 0.257. The lowest BCUT2D eigenvalue weighted by Gasteiger charge is -2.14. The van der Waals surface area contributed by atoms with E-state index in [9.17, 15) is 5.11 Å². The average molecular weight is 538 g/mol. The molecule has 3 N–H and O–H groups in total. The van der Waals surface area contributed by atoms with Gasteiger partial charge in [-0.15, -0.1) is 24.0 Å². The summed E-state index contributed by atoms with van der Waals surface area (Å²) in [5.74, 6) is 1.47. The third-order valence-electron chi connectivity index (χ3n) is 5.34. The summed E-state index contributed by atoms with van der Waals surface area (Å²) in [6.07, 6.45) is 3.47. The maximum Gasteiger partial charge on any atom is 0.191 e. The van der Waals surface area contributed by atoms with Gasteiger partial charge in [-0.05, 0) is 68.1 Å². The third-order valence-corrected chi connectivity index (χ3v) is 5.34. The van der Waals surface area contributed by atoms with Crippen LogP contribution in [0, 0.1) is 0 Å². The molecule has 2 aromatic rings. The van der Waals surface area contributed by atoms with Crippen LogP contribution in [0.15, 0.2) is 47.5 Å². The first kappa shape index (κ1) is 25.3. The first-order valence-corrected chi connectivity index (χ1v) is 10.9. The topological polar surface area (TPSA) is 69.1 Å². The Balaban J connectivity index is 0.00000341. The van der Waals surface area contributed by atoms with Gasteiger partial charge in [0.2, 0.25) is 0 Å². The van der Waals surface area contributed by atoms with Crippen molar-refractivity contribution in [3.8, 4) is 11.5 Å². The van der Waals surface area contributed by atoms with Crippen molar-refractivity contribution in [1.29, 1.82) is 0 Å². The van der Waals surface area contributed by atoms with Crippen molar-refractivity contribution in [3.05, 3.63) is 59.2 Å². The minimum absolute atomic E-state index is 0. The molecule has 1 aliphatic rings. The molecular weight excluding hydrogens is 503 g/mol. The van der Waals surface area contributed by atoms with Gasteiger partial charge in [-0.1, -0.05) is 30.3 Å². The summed E-state index contributed by atoms with van der Waals surface area (Å²) in [4.78, 5) is 7.23. The summed E-state index contributed by atoms with van der Waals surface area (Å²) in [5.41, 5.74) is 3.68. The summed E-state index contributed by atoms with van der Waals surface area (Å²) in [6.45, 7) is 7.76. The number of phenolic OH excluding ortho intramolecular Hbond substituents is 1. The van der Waals surface area contributed by atoms with E-state index in [0.29, 0.717) is 12.3 Å². The lowest BCUT2D eigenvalue weighted by atomic mass is 10.1. The van der Waals surface area contributed by atoms with Crippen molar-refractivity contribution in [2.75, 3.05) is 33.3 Å². The molecular formula is C24H35IN4O2. The van der Waals surface area contributed by atoms with Gasteiger partial charge in [0.25, 0.3) is 0 Å². The highest BCUT2D eigenvalue weighted by atomic mass is 127. The number of rotatable bonds is 9. The van der Waals surface area contributed by atoms with Gasteiger partial charge >= 0.3 is 0 Å². The van der Waals surface area contributed by atoms with Gasteiger partial charge in [-0.3, -0.25) is 4.90 Å². The van der Waals surface area contributed by atoms with Crippen LogP contribution in [0.5, 0.6) is 11.5 Å². The number of halogens is 1. The van der Waals surface area contributed by atoms with E-state index in [-0.39, 0.29) is 29.7 Å². The van der Waals surface area contributed by atoms with Gasteiger partial charge in [-0.2, -0.15) is 0 Å². The number of methoxy groups -OCH3 is 1. The number of hydrogen-bond acceptors (Lipinski definition) is 4. The molecule has 0 amide bonds. The molecule has 0 aromatic heterocycles. The fourth-order valence-electron chi connectivity index (χ4n) is 3.66. The van der Waals surface area contributed by atoms with Crippen molar-refractivity contribution >= 4 is 29.9 Å². The molecule has 1 aliphatic heterocycles. The molecule has 3 rings (SSSR count). The van der Waals surface area contributed by atoms with Crippen LogP contribution < -0.4 is 15.4 Å². The first-order valence-electron chi connectivity index (χ1n) is 10.9. The van der Waals surface area contributed by atoms with Gasteiger partial charge < -0.3 is 20.5 Å². The molecule has 0 unspecified atom stereocenters. The van der Waals surface area contributed by atoms with Crippen LogP contribution >= 0.6 is 24.0 Å². The molecule has 1 fully saturated rings. The lowest BCUT2D eigenvalue weighted by Crippen LogP contribution is -2.38. The molecule has 7 heteroatoms. The number of hydrogen-bond donors (Lipinski definition) is 3. The van der Waals surface area contributed by atoms with Gasteiger partial charge in [0.1, 0.15) is 0 Å². The lowest BCUT2D eigenvalue weighted by molar-refractivity contribution is 0.331. The van der Waals surface area contributed by atoms with Crippen LogP contribution in [0.2, 0.25) is 0 Å². The number of guanidine groups is 1. The fourth-order valence-corrected chi connectivity index (χ4v) is 3.66. The van der Waals surface area contributed by atoms with Gasteiger partial charge in [0.05, 0.1) is 13.7 Å². The Morgan fingerprint density at radius 3 is 2.39 bits per heavy atom. The Bertz CT molecular complexity index is 821. The Morgan fingerprint density at radius 2 is 1.71 bits per heavy atom. The predicted molar refractivity (Wildman–Crippen MR) is 138 cm³/mol. The summed E-state index contributed by atoms with van der Waals surface area (Å²) in [7, 11) is 1.56. The summed E-state index contributed by atoms with van der Waals surface area (Å²) < 4.78 is 5.18. The summed E-state index contributed by atoms with van der Waals surface area (Å²) in [5, 5.41) is 16.4. The van der Waals surface area contributed by atoms with Crippen LogP contribution in [-0.2, 0) is 19.5 Å². The molecule has 2 aromatic carbocycles. The van der Waals surface area contributed by atoms with Crippen molar-refractivity contribution in [2.45, 2.75) is 39.3 Å². The maximum absolute atomic E-state index is 9.71. The number of phenols is 1. The smallest absolute Gasteiger partial charge is 0.191 e. The Labute approximate surface area is 203 Å². The van der Waals surface area contributed by atoms with Crippen LogP contribution in [0.25, 0.3) is 0 Å². The van der Waals surface area contributed by atoms with E-state index >= 15 is 0 Å². The number of nitrogens with one attached hydrogen (secondary N) is 2. The second-order valence-electron chi connectivity index (χ2n) is 7.68. The second kappa shape index (κ2) is 13.4. The molecule has 1 heterocycles. The van der Waals surface area contributed by atoms with E-state index in [1.54, 1.807) is 13.2 Å². The number of aliphatic imine (C=N–C) groups is 1. The van der Waals surface area contributed by atoms with Crippen molar-refractivity contribution in [3.63, 3.8) is 0 Å². The van der Waals surface area contributed by atoms with Crippen molar-refractivity contribution in [1.82, 2.24) is 15.5 Å². The van der Waals surface area contributed by atoms with E-state index < -0.39 is 0 Å². The molecule has 0 aliphatic carbocycles. The number of benzene rings is 2. The molecule has 6 nitrogen and oxygen atoms in total. The van der Waals surface area contributed by atoms with Crippen molar-refractivity contribution < 1.29 is 9.84 Å². The molecule has 31 heavy (non-hydrogen) atoms. The zero-order chi connectivity index (χ0) is 21.2. The first-order chi connectivity index (χ1) is 14.7. The molecule has 0 bridgehead atoms. The summed E-state index contributed by atoms with van der Waals surface area (Å²) in [6, 6.07) is 14.3. The predicted octanol–water partition coefficient (Wildman–Crippen LogP) is 3.91. The third kappa shape index (κ3) is 8.22. The van der Waals surface area contributed by atoms with E-state index in [4.69, 9.17) is 9.73 Å². The van der Waals surface area contributed by atoms with Crippen LogP contribution in [0.4, 0.5) is 0 Å². The standard InChI is InChI=1S/C24H34N4O2.HI/c1-3-25-24(26-13-12-19-10-11-22(29)23(16-19)30-2)27-17-20-6-8-21(9-7-20)18-28-14-4-5-15-28;/h6-11,16,29H,3-5,12-15,17-18H2,1-2H3,(H2,25,26,27);1H. The number of aromatic hydroxyl groups is 1. The van der Waals surface area contributed by atoms with Gasteiger partial charge in [-0.25, -0.2) is 4.99 Å². The highest BCUT2D eigenvalue weighted by Crippen LogP contribution is 2.26. The minimum atomic E-state index is 0. The number of ether oxygens (including phenoxy) is 1. The van der Waals surface area contributed by atoms with E-state index in [1.165, 1.54) is 37.1 Å².